The maximum absolute atomic E-state index is 12.3. The lowest BCUT2D eigenvalue weighted by Crippen LogP contribution is -2.47. The highest BCUT2D eigenvalue weighted by Gasteiger charge is 2.35. The minimum atomic E-state index is -0.195. The van der Waals surface area contributed by atoms with Crippen LogP contribution in [0.1, 0.15) is 50.5 Å². The standard InChI is InChI=1S/C17H25ClN2O/c1-19-13-5-6-16(21)20-17(11-3-2-4-12-17)14-7-9-15(18)10-8-14/h7-10,19H,2-6,11-13H2,1H3,(H,20,21). The third-order valence-electron chi connectivity index (χ3n) is 4.31. The summed E-state index contributed by atoms with van der Waals surface area (Å²) in [7, 11) is 1.91. The molecule has 0 radical (unpaired) electrons. The van der Waals surface area contributed by atoms with Crippen LogP contribution in [-0.2, 0) is 10.3 Å². The summed E-state index contributed by atoms with van der Waals surface area (Å²) in [6.45, 7) is 0.876. The number of nitrogens with one attached hydrogen (secondary N) is 2. The molecule has 1 fully saturated rings. The molecule has 116 valence electrons. The van der Waals surface area contributed by atoms with Crippen LogP contribution in [-0.4, -0.2) is 19.5 Å². The van der Waals surface area contributed by atoms with Crippen molar-refractivity contribution in [1.29, 1.82) is 0 Å². The van der Waals surface area contributed by atoms with Gasteiger partial charge in [-0.3, -0.25) is 4.79 Å². The van der Waals surface area contributed by atoms with Crippen molar-refractivity contribution < 1.29 is 4.79 Å². The molecule has 0 bridgehead atoms. The summed E-state index contributed by atoms with van der Waals surface area (Å²) in [4.78, 5) is 12.3. The number of carbonyl (C=O) groups is 1. The molecule has 0 spiro atoms. The van der Waals surface area contributed by atoms with Crippen molar-refractivity contribution in [3.05, 3.63) is 34.9 Å². The lowest BCUT2D eigenvalue weighted by molar-refractivity contribution is -0.123. The van der Waals surface area contributed by atoms with E-state index in [1.165, 1.54) is 24.8 Å². The molecule has 21 heavy (non-hydrogen) atoms. The Labute approximate surface area is 132 Å². The van der Waals surface area contributed by atoms with E-state index in [0.717, 1.165) is 30.8 Å². The molecule has 0 saturated heterocycles. The first-order valence-corrected chi connectivity index (χ1v) is 8.26. The first kappa shape index (κ1) is 16.3. The minimum Gasteiger partial charge on any atom is -0.347 e. The van der Waals surface area contributed by atoms with Gasteiger partial charge in [0.05, 0.1) is 5.54 Å². The highest BCUT2D eigenvalue weighted by Crippen LogP contribution is 2.37. The second-order valence-electron chi connectivity index (χ2n) is 5.90. The zero-order valence-corrected chi connectivity index (χ0v) is 13.5. The van der Waals surface area contributed by atoms with Crippen LogP contribution >= 0.6 is 11.6 Å². The summed E-state index contributed by atoms with van der Waals surface area (Å²) in [5.41, 5.74) is 0.994. The molecule has 3 nitrogen and oxygen atoms in total. The number of halogens is 1. The Balaban J connectivity index is 2.09. The molecule has 2 N–H and O–H groups in total. The van der Waals surface area contributed by atoms with E-state index in [-0.39, 0.29) is 11.4 Å². The Morgan fingerprint density at radius 1 is 1.19 bits per heavy atom. The monoisotopic (exact) mass is 308 g/mol. The van der Waals surface area contributed by atoms with Crippen LogP contribution in [0.4, 0.5) is 0 Å². The lowest BCUT2D eigenvalue weighted by Gasteiger charge is -2.39. The van der Waals surface area contributed by atoms with Crippen molar-refractivity contribution in [1.82, 2.24) is 10.6 Å². The number of hydrogen-bond acceptors (Lipinski definition) is 2. The van der Waals surface area contributed by atoms with Gasteiger partial charge in [0.25, 0.3) is 0 Å². The number of carbonyl (C=O) groups excluding carboxylic acids is 1. The van der Waals surface area contributed by atoms with Gasteiger partial charge < -0.3 is 10.6 Å². The van der Waals surface area contributed by atoms with E-state index in [1.807, 2.05) is 19.2 Å². The van der Waals surface area contributed by atoms with Crippen LogP contribution in [0.3, 0.4) is 0 Å². The molecular formula is C17H25ClN2O. The maximum atomic E-state index is 12.3. The topological polar surface area (TPSA) is 41.1 Å². The van der Waals surface area contributed by atoms with Gasteiger partial charge in [-0.15, -0.1) is 0 Å². The SMILES string of the molecule is CNCCCC(=O)NC1(c2ccc(Cl)cc2)CCCCC1. The molecule has 1 aliphatic carbocycles. The summed E-state index contributed by atoms with van der Waals surface area (Å²) >= 11 is 5.99. The molecule has 4 heteroatoms. The van der Waals surface area contributed by atoms with Gasteiger partial charge in [0.2, 0.25) is 5.91 Å². The fraction of sp³-hybridized carbons (Fsp3) is 0.588. The second kappa shape index (κ2) is 7.81. The van der Waals surface area contributed by atoms with Gasteiger partial charge in [-0.25, -0.2) is 0 Å². The first-order chi connectivity index (χ1) is 10.2. The molecule has 0 atom stereocenters. The molecule has 1 amide bonds. The van der Waals surface area contributed by atoms with Crippen LogP contribution in [0.2, 0.25) is 5.02 Å². The van der Waals surface area contributed by atoms with E-state index in [0.29, 0.717) is 6.42 Å². The Bertz CT molecular complexity index is 452. The molecule has 2 rings (SSSR count). The number of rotatable bonds is 6. The van der Waals surface area contributed by atoms with Crippen LogP contribution in [0.15, 0.2) is 24.3 Å². The van der Waals surface area contributed by atoms with E-state index in [1.54, 1.807) is 0 Å². The van der Waals surface area contributed by atoms with E-state index in [9.17, 15) is 4.79 Å². The summed E-state index contributed by atoms with van der Waals surface area (Å²) in [5.74, 6) is 0.155. The second-order valence-corrected chi connectivity index (χ2v) is 6.34. The van der Waals surface area contributed by atoms with Crippen LogP contribution in [0, 0.1) is 0 Å². The molecule has 0 unspecified atom stereocenters. The van der Waals surface area contributed by atoms with Gasteiger partial charge in [0.1, 0.15) is 0 Å². The molecule has 1 aliphatic rings. The first-order valence-electron chi connectivity index (χ1n) is 7.88. The van der Waals surface area contributed by atoms with Crippen LogP contribution < -0.4 is 10.6 Å². The van der Waals surface area contributed by atoms with Crippen molar-refractivity contribution >= 4 is 17.5 Å². The minimum absolute atomic E-state index is 0.155. The average Bonchev–Trinajstić information content (AvgIpc) is 2.49. The zero-order chi connectivity index (χ0) is 15.1. The van der Waals surface area contributed by atoms with E-state index >= 15 is 0 Å². The summed E-state index contributed by atoms with van der Waals surface area (Å²) in [6.07, 6.45) is 7.08. The normalized spacial score (nSPS) is 17.4. The zero-order valence-electron chi connectivity index (χ0n) is 12.8. The Hall–Kier alpha value is -1.06. The Morgan fingerprint density at radius 3 is 2.48 bits per heavy atom. The maximum Gasteiger partial charge on any atom is 0.220 e. The highest BCUT2D eigenvalue weighted by atomic mass is 35.5. The molecule has 0 heterocycles. The fourth-order valence-electron chi connectivity index (χ4n) is 3.17. The summed E-state index contributed by atoms with van der Waals surface area (Å²) in [6, 6.07) is 7.95. The molecule has 1 aromatic rings. The average molecular weight is 309 g/mol. The smallest absolute Gasteiger partial charge is 0.220 e. The molecule has 1 aromatic carbocycles. The number of amides is 1. The van der Waals surface area contributed by atoms with Crippen LogP contribution in [0.5, 0.6) is 0 Å². The van der Waals surface area contributed by atoms with Gasteiger partial charge in [-0.1, -0.05) is 43.0 Å². The van der Waals surface area contributed by atoms with E-state index in [2.05, 4.69) is 22.8 Å². The number of benzene rings is 1. The van der Waals surface area contributed by atoms with Crippen molar-refractivity contribution in [2.75, 3.05) is 13.6 Å². The predicted molar refractivity (Wildman–Crippen MR) is 87.5 cm³/mol. The largest absolute Gasteiger partial charge is 0.347 e. The quantitative estimate of drug-likeness (QED) is 0.788. The number of hydrogen-bond donors (Lipinski definition) is 2. The highest BCUT2D eigenvalue weighted by molar-refractivity contribution is 6.30. The van der Waals surface area contributed by atoms with Gasteiger partial charge in [-0.2, -0.15) is 0 Å². The van der Waals surface area contributed by atoms with Gasteiger partial charge in [0.15, 0.2) is 0 Å². The lowest BCUT2D eigenvalue weighted by atomic mass is 9.76. The van der Waals surface area contributed by atoms with Crippen LogP contribution in [0.25, 0.3) is 0 Å². The summed E-state index contributed by atoms with van der Waals surface area (Å²) < 4.78 is 0. The van der Waals surface area contributed by atoms with Gasteiger partial charge >= 0.3 is 0 Å². The van der Waals surface area contributed by atoms with Crippen molar-refractivity contribution in [2.24, 2.45) is 0 Å². The molecule has 0 aromatic heterocycles. The Kier molecular flexibility index (Phi) is 6.07. The molecular weight excluding hydrogens is 284 g/mol. The van der Waals surface area contributed by atoms with E-state index in [4.69, 9.17) is 11.6 Å². The van der Waals surface area contributed by atoms with E-state index < -0.39 is 0 Å². The molecule has 0 aliphatic heterocycles. The Morgan fingerprint density at radius 2 is 1.86 bits per heavy atom. The molecule has 1 saturated carbocycles. The predicted octanol–water partition coefficient (Wildman–Crippen LogP) is 3.62. The van der Waals surface area contributed by atoms with Crippen molar-refractivity contribution in [3.8, 4) is 0 Å². The van der Waals surface area contributed by atoms with Crippen molar-refractivity contribution in [2.45, 2.75) is 50.5 Å². The third kappa shape index (κ3) is 4.45. The van der Waals surface area contributed by atoms with Gasteiger partial charge in [0, 0.05) is 11.4 Å². The van der Waals surface area contributed by atoms with Crippen molar-refractivity contribution in [3.63, 3.8) is 0 Å². The summed E-state index contributed by atoms with van der Waals surface area (Å²) in [5, 5.41) is 7.14. The third-order valence-corrected chi connectivity index (χ3v) is 4.57. The fourth-order valence-corrected chi connectivity index (χ4v) is 3.29. The van der Waals surface area contributed by atoms with Gasteiger partial charge in [-0.05, 0) is 50.6 Å².